The first-order valence-corrected chi connectivity index (χ1v) is 6.15. The average molecular weight is 272 g/mol. The minimum Gasteiger partial charge on any atom is -0.497 e. The largest absolute Gasteiger partial charge is 0.497 e. The SMILES string of the molecule is COc1ccc(-c2ccccc2OC(C)=O)c(OC)c1. The van der Waals surface area contributed by atoms with Gasteiger partial charge in [-0.2, -0.15) is 0 Å². The van der Waals surface area contributed by atoms with E-state index in [0.29, 0.717) is 17.2 Å². The fraction of sp³-hybridized carbons (Fsp3) is 0.188. The summed E-state index contributed by atoms with van der Waals surface area (Å²) < 4.78 is 15.8. The zero-order valence-electron chi connectivity index (χ0n) is 11.7. The molecular formula is C16H16O4. The van der Waals surface area contributed by atoms with E-state index in [0.717, 1.165) is 11.1 Å². The second-order valence-electron chi connectivity index (χ2n) is 4.16. The van der Waals surface area contributed by atoms with Crippen LogP contribution >= 0.6 is 0 Å². The zero-order valence-corrected chi connectivity index (χ0v) is 11.7. The fourth-order valence-corrected chi connectivity index (χ4v) is 1.95. The molecule has 2 rings (SSSR count). The average Bonchev–Trinajstić information content (AvgIpc) is 2.46. The highest BCUT2D eigenvalue weighted by atomic mass is 16.5. The number of methoxy groups -OCH3 is 2. The fourth-order valence-electron chi connectivity index (χ4n) is 1.95. The van der Waals surface area contributed by atoms with Crippen LogP contribution in [0.3, 0.4) is 0 Å². The summed E-state index contributed by atoms with van der Waals surface area (Å²) in [5, 5.41) is 0. The second kappa shape index (κ2) is 6.10. The van der Waals surface area contributed by atoms with Crippen molar-refractivity contribution in [1.29, 1.82) is 0 Å². The summed E-state index contributed by atoms with van der Waals surface area (Å²) in [6, 6.07) is 12.8. The molecule has 20 heavy (non-hydrogen) atoms. The Balaban J connectivity index is 2.53. The highest BCUT2D eigenvalue weighted by molar-refractivity contribution is 5.80. The number of esters is 1. The van der Waals surface area contributed by atoms with Crippen molar-refractivity contribution in [1.82, 2.24) is 0 Å². The molecule has 0 aromatic heterocycles. The molecule has 0 N–H and O–H groups in total. The Morgan fingerprint density at radius 3 is 2.25 bits per heavy atom. The van der Waals surface area contributed by atoms with Gasteiger partial charge in [0.25, 0.3) is 0 Å². The molecule has 0 saturated carbocycles. The number of hydrogen-bond acceptors (Lipinski definition) is 4. The van der Waals surface area contributed by atoms with E-state index in [-0.39, 0.29) is 5.97 Å². The van der Waals surface area contributed by atoms with E-state index < -0.39 is 0 Å². The molecule has 0 aliphatic rings. The van der Waals surface area contributed by atoms with Crippen LogP contribution < -0.4 is 14.2 Å². The zero-order chi connectivity index (χ0) is 14.5. The molecule has 0 unspecified atom stereocenters. The van der Waals surface area contributed by atoms with Crippen LogP contribution in [0.25, 0.3) is 11.1 Å². The summed E-state index contributed by atoms with van der Waals surface area (Å²) >= 11 is 0. The predicted octanol–water partition coefficient (Wildman–Crippen LogP) is 3.30. The highest BCUT2D eigenvalue weighted by Crippen LogP contribution is 2.38. The highest BCUT2D eigenvalue weighted by Gasteiger charge is 2.13. The van der Waals surface area contributed by atoms with Gasteiger partial charge in [0.05, 0.1) is 14.2 Å². The first kappa shape index (κ1) is 13.9. The van der Waals surface area contributed by atoms with E-state index >= 15 is 0 Å². The molecule has 104 valence electrons. The molecule has 0 spiro atoms. The van der Waals surface area contributed by atoms with Crippen molar-refractivity contribution in [3.63, 3.8) is 0 Å². The van der Waals surface area contributed by atoms with Gasteiger partial charge in [0.2, 0.25) is 0 Å². The standard InChI is InChI=1S/C16H16O4/c1-11(17)20-15-7-5-4-6-13(15)14-9-8-12(18-2)10-16(14)19-3/h4-10H,1-3H3. The second-order valence-corrected chi connectivity index (χ2v) is 4.16. The third-order valence-corrected chi connectivity index (χ3v) is 2.84. The quantitative estimate of drug-likeness (QED) is 0.633. The summed E-state index contributed by atoms with van der Waals surface area (Å²) in [5.41, 5.74) is 1.63. The van der Waals surface area contributed by atoms with Crippen LogP contribution in [0.1, 0.15) is 6.92 Å². The Hall–Kier alpha value is -2.49. The number of carbonyl (C=O) groups is 1. The van der Waals surface area contributed by atoms with Gasteiger partial charge >= 0.3 is 5.97 Å². The maximum atomic E-state index is 11.2. The summed E-state index contributed by atoms with van der Waals surface area (Å²) in [6.07, 6.45) is 0. The van der Waals surface area contributed by atoms with E-state index in [1.807, 2.05) is 30.3 Å². The molecule has 0 heterocycles. The molecule has 0 fully saturated rings. The number of hydrogen-bond donors (Lipinski definition) is 0. The number of carbonyl (C=O) groups excluding carboxylic acids is 1. The third kappa shape index (κ3) is 2.91. The molecule has 0 bridgehead atoms. The van der Waals surface area contributed by atoms with Crippen molar-refractivity contribution in [2.24, 2.45) is 0 Å². The molecule has 0 saturated heterocycles. The first-order chi connectivity index (χ1) is 9.65. The van der Waals surface area contributed by atoms with Gasteiger partial charge < -0.3 is 14.2 Å². The van der Waals surface area contributed by atoms with Gasteiger partial charge in [-0.15, -0.1) is 0 Å². The van der Waals surface area contributed by atoms with Crippen LogP contribution in [-0.4, -0.2) is 20.2 Å². The Labute approximate surface area is 117 Å². The molecule has 0 radical (unpaired) electrons. The lowest BCUT2D eigenvalue weighted by atomic mass is 10.0. The van der Waals surface area contributed by atoms with Gasteiger partial charge in [0.1, 0.15) is 17.2 Å². The molecule has 4 nitrogen and oxygen atoms in total. The van der Waals surface area contributed by atoms with Crippen LogP contribution in [0.2, 0.25) is 0 Å². The number of ether oxygens (including phenoxy) is 3. The van der Waals surface area contributed by atoms with Gasteiger partial charge in [-0.05, 0) is 18.2 Å². The van der Waals surface area contributed by atoms with Crippen molar-refractivity contribution < 1.29 is 19.0 Å². The number of benzene rings is 2. The summed E-state index contributed by atoms with van der Waals surface area (Å²) in [6.45, 7) is 1.38. The van der Waals surface area contributed by atoms with Crippen molar-refractivity contribution in [2.75, 3.05) is 14.2 Å². The van der Waals surface area contributed by atoms with Gasteiger partial charge in [-0.25, -0.2) is 0 Å². The van der Waals surface area contributed by atoms with Crippen LogP contribution in [0.15, 0.2) is 42.5 Å². The summed E-state index contributed by atoms with van der Waals surface area (Å²) in [4.78, 5) is 11.2. The first-order valence-electron chi connectivity index (χ1n) is 6.15. The lowest BCUT2D eigenvalue weighted by Gasteiger charge is -2.13. The van der Waals surface area contributed by atoms with E-state index in [1.165, 1.54) is 6.92 Å². The summed E-state index contributed by atoms with van der Waals surface area (Å²) in [5.74, 6) is 1.51. The monoisotopic (exact) mass is 272 g/mol. The van der Waals surface area contributed by atoms with Crippen LogP contribution in [-0.2, 0) is 4.79 Å². The Kier molecular flexibility index (Phi) is 4.25. The maximum absolute atomic E-state index is 11.2. The minimum atomic E-state index is -0.357. The third-order valence-electron chi connectivity index (χ3n) is 2.84. The van der Waals surface area contributed by atoms with E-state index in [9.17, 15) is 4.79 Å². The van der Waals surface area contributed by atoms with Crippen LogP contribution in [0.5, 0.6) is 17.2 Å². The van der Waals surface area contributed by atoms with Crippen LogP contribution in [0, 0.1) is 0 Å². The molecule has 2 aromatic carbocycles. The Morgan fingerprint density at radius 1 is 0.900 bits per heavy atom. The maximum Gasteiger partial charge on any atom is 0.308 e. The van der Waals surface area contributed by atoms with Gasteiger partial charge in [0, 0.05) is 24.1 Å². The molecule has 2 aromatic rings. The lowest BCUT2D eigenvalue weighted by Crippen LogP contribution is -2.02. The smallest absolute Gasteiger partial charge is 0.308 e. The van der Waals surface area contributed by atoms with Crippen LogP contribution in [0.4, 0.5) is 0 Å². The molecule has 0 atom stereocenters. The van der Waals surface area contributed by atoms with E-state index in [4.69, 9.17) is 14.2 Å². The molecule has 4 heteroatoms. The van der Waals surface area contributed by atoms with Gasteiger partial charge in [-0.3, -0.25) is 4.79 Å². The molecule has 0 amide bonds. The molecule has 0 aliphatic heterocycles. The lowest BCUT2D eigenvalue weighted by molar-refractivity contribution is -0.131. The minimum absolute atomic E-state index is 0.357. The predicted molar refractivity (Wildman–Crippen MR) is 76.3 cm³/mol. The van der Waals surface area contributed by atoms with Crippen molar-refractivity contribution in [3.8, 4) is 28.4 Å². The Morgan fingerprint density at radius 2 is 1.60 bits per heavy atom. The van der Waals surface area contributed by atoms with Gasteiger partial charge in [0.15, 0.2) is 0 Å². The number of para-hydroxylation sites is 1. The molecular weight excluding hydrogens is 256 g/mol. The number of rotatable bonds is 4. The van der Waals surface area contributed by atoms with Crippen molar-refractivity contribution >= 4 is 5.97 Å². The van der Waals surface area contributed by atoms with E-state index in [2.05, 4.69) is 0 Å². The molecule has 0 aliphatic carbocycles. The Bertz CT molecular complexity index is 620. The van der Waals surface area contributed by atoms with Crippen molar-refractivity contribution in [2.45, 2.75) is 6.92 Å². The summed E-state index contributed by atoms with van der Waals surface area (Å²) in [7, 11) is 3.19. The topological polar surface area (TPSA) is 44.8 Å². The normalized spacial score (nSPS) is 9.95. The van der Waals surface area contributed by atoms with Gasteiger partial charge in [-0.1, -0.05) is 18.2 Å². The van der Waals surface area contributed by atoms with Crippen molar-refractivity contribution in [3.05, 3.63) is 42.5 Å². The van der Waals surface area contributed by atoms with E-state index in [1.54, 1.807) is 26.4 Å².